The van der Waals surface area contributed by atoms with Crippen LogP contribution in [-0.4, -0.2) is 24.0 Å². The van der Waals surface area contributed by atoms with Crippen molar-refractivity contribution in [2.24, 2.45) is 5.10 Å². The summed E-state index contributed by atoms with van der Waals surface area (Å²) in [6.45, 7) is 2.71. The van der Waals surface area contributed by atoms with Gasteiger partial charge in [-0.2, -0.15) is 18.3 Å². The number of halogens is 3. The number of hydrogen-bond donors (Lipinski definition) is 2. The molecule has 0 saturated carbocycles. The van der Waals surface area contributed by atoms with E-state index in [0.29, 0.717) is 30.4 Å². The molecule has 27 heavy (non-hydrogen) atoms. The first-order valence-electron chi connectivity index (χ1n) is 8.02. The van der Waals surface area contributed by atoms with Crippen LogP contribution in [0.25, 0.3) is 0 Å². The highest BCUT2D eigenvalue weighted by Crippen LogP contribution is 2.34. The van der Waals surface area contributed by atoms with Crippen LogP contribution in [0.5, 0.6) is 11.5 Å². The van der Waals surface area contributed by atoms with Gasteiger partial charge in [0.15, 0.2) is 16.6 Å². The number of hydrogen-bond acceptors (Lipinski definition) is 4. The third-order valence-corrected chi connectivity index (χ3v) is 3.96. The normalized spacial score (nSPS) is 13.9. The highest BCUT2D eigenvalue weighted by molar-refractivity contribution is 7.80. The summed E-state index contributed by atoms with van der Waals surface area (Å²) in [6, 6.07) is 10.5. The highest BCUT2D eigenvalue weighted by atomic mass is 32.1. The van der Waals surface area contributed by atoms with E-state index >= 15 is 0 Å². The van der Waals surface area contributed by atoms with E-state index in [4.69, 9.17) is 21.7 Å². The molecule has 5 nitrogen and oxygen atoms in total. The number of thiocarbonyl (C=S) groups is 1. The van der Waals surface area contributed by atoms with E-state index in [1.165, 1.54) is 18.2 Å². The second-order valence-electron chi connectivity index (χ2n) is 5.66. The summed E-state index contributed by atoms with van der Waals surface area (Å²) >= 11 is 5.04. The Hall–Kier alpha value is -2.81. The summed E-state index contributed by atoms with van der Waals surface area (Å²) in [5, 5.41) is 6.59. The van der Waals surface area contributed by atoms with Crippen molar-refractivity contribution in [3.05, 3.63) is 53.6 Å². The minimum absolute atomic E-state index is 0.0522. The fraction of sp³-hybridized carbons (Fsp3) is 0.222. The van der Waals surface area contributed by atoms with Crippen LogP contribution in [0.1, 0.15) is 18.1 Å². The number of alkyl halides is 3. The Labute approximate surface area is 159 Å². The number of para-hydroxylation sites is 1. The lowest BCUT2D eigenvalue weighted by Crippen LogP contribution is -2.26. The van der Waals surface area contributed by atoms with Gasteiger partial charge in [0.05, 0.1) is 17.0 Å². The number of benzene rings is 2. The van der Waals surface area contributed by atoms with E-state index in [-0.39, 0.29) is 10.8 Å². The van der Waals surface area contributed by atoms with Crippen molar-refractivity contribution in [2.45, 2.75) is 13.1 Å². The quantitative estimate of drug-likeness (QED) is 0.464. The maximum absolute atomic E-state index is 13.0. The lowest BCUT2D eigenvalue weighted by Gasteiger charge is -2.18. The molecule has 2 aromatic rings. The molecule has 3 rings (SSSR count). The number of anilines is 1. The van der Waals surface area contributed by atoms with Gasteiger partial charge >= 0.3 is 6.18 Å². The lowest BCUT2D eigenvalue weighted by atomic mass is 10.1. The summed E-state index contributed by atoms with van der Waals surface area (Å²) in [5.74, 6) is 1.28. The molecule has 142 valence electrons. The Morgan fingerprint density at radius 3 is 2.52 bits per heavy atom. The lowest BCUT2D eigenvalue weighted by molar-refractivity contribution is -0.136. The summed E-state index contributed by atoms with van der Waals surface area (Å²) in [7, 11) is 0. The zero-order chi connectivity index (χ0) is 19.4. The van der Waals surface area contributed by atoms with Gasteiger partial charge < -0.3 is 14.8 Å². The van der Waals surface area contributed by atoms with Crippen molar-refractivity contribution in [2.75, 3.05) is 18.5 Å². The van der Waals surface area contributed by atoms with Gasteiger partial charge in [-0.1, -0.05) is 12.1 Å². The van der Waals surface area contributed by atoms with Gasteiger partial charge in [-0.3, -0.25) is 5.43 Å². The molecule has 1 aliphatic rings. The Morgan fingerprint density at radius 1 is 1.07 bits per heavy atom. The summed E-state index contributed by atoms with van der Waals surface area (Å²) < 4.78 is 50.0. The molecule has 0 fully saturated rings. The fourth-order valence-electron chi connectivity index (χ4n) is 2.46. The first-order valence-corrected chi connectivity index (χ1v) is 8.43. The van der Waals surface area contributed by atoms with Crippen LogP contribution in [0, 0.1) is 0 Å². The van der Waals surface area contributed by atoms with Crippen molar-refractivity contribution < 1.29 is 22.6 Å². The Balaban J connectivity index is 1.68. The van der Waals surface area contributed by atoms with Crippen LogP contribution in [0.2, 0.25) is 0 Å². The smallest absolute Gasteiger partial charge is 0.418 e. The second-order valence-corrected chi connectivity index (χ2v) is 6.07. The van der Waals surface area contributed by atoms with Crippen molar-refractivity contribution in [1.82, 2.24) is 5.43 Å². The van der Waals surface area contributed by atoms with E-state index in [1.807, 2.05) is 6.07 Å². The minimum Gasteiger partial charge on any atom is -0.486 e. The van der Waals surface area contributed by atoms with Crippen molar-refractivity contribution >= 4 is 28.7 Å². The molecule has 2 N–H and O–H groups in total. The molecule has 0 saturated heterocycles. The first-order chi connectivity index (χ1) is 12.8. The van der Waals surface area contributed by atoms with Gasteiger partial charge in [-0.25, -0.2) is 0 Å². The van der Waals surface area contributed by atoms with Crippen LogP contribution < -0.4 is 20.2 Å². The van der Waals surface area contributed by atoms with Gasteiger partial charge in [0, 0.05) is 5.56 Å². The third-order valence-electron chi connectivity index (χ3n) is 3.77. The molecular weight excluding hydrogens is 379 g/mol. The number of ether oxygens (including phenoxy) is 2. The molecule has 0 aliphatic carbocycles. The minimum atomic E-state index is -4.48. The van der Waals surface area contributed by atoms with Gasteiger partial charge in [-0.05, 0) is 49.5 Å². The standard InChI is InChI=1S/C18H16F3N3O2S/c1-11(12-6-7-15-16(10-12)26-9-8-25-15)23-24-17(27)22-14-5-3-2-4-13(14)18(19,20)21/h2-7,10H,8-9H2,1H3,(H2,22,24,27)/b23-11-. The summed E-state index contributed by atoms with van der Waals surface area (Å²) in [5.41, 5.74) is 2.96. The molecule has 0 amide bonds. The van der Waals surface area contributed by atoms with Crippen molar-refractivity contribution in [3.8, 4) is 11.5 Å². The van der Waals surface area contributed by atoms with E-state index in [1.54, 1.807) is 19.1 Å². The zero-order valence-electron chi connectivity index (χ0n) is 14.3. The molecule has 9 heteroatoms. The van der Waals surface area contributed by atoms with E-state index in [0.717, 1.165) is 11.6 Å². The van der Waals surface area contributed by atoms with Crippen LogP contribution in [0.4, 0.5) is 18.9 Å². The summed E-state index contributed by atoms with van der Waals surface area (Å²) in [6.07, 6.45) is -4.48. The van der Waals surface area contributed by atoms with Crippen LogP contribution in [-0.2, 0) is 6.18 Å². The number of hydrazone groups is 1. The van der Waals surface area contributed by atoms with Crippen LogP contribution in [0.3, 0.4) is 0 Å². The van der Waals surface area contributed by atoms with Crippen LogP contribution >= 0.6 is 12.2 Å². The highest BCUT2D eigenvalue weighted by Gasteiger charge is 2.33. The SMILES string of the molecule is C/C(=N/NC(=S)Nc1ccccc1C(F)(F)F)c1ccc2c(c1)OCCO2. The molecular formula is C18H16F3N3O2S. The largest absolute Gasteiger partial charge is 0.486 e. The predicted molar refractivity (Wildman–Crippen MR) is 100 cm³/mol. The molecule has 1 heterocycles. The summed E-state index contributed by atoms with van der Waals surface area (Å²) in [4.78, 5) is 0. The monoisotopic (exact) mass is 395 g/mol. The fourth-order valence-corrected chi connectivity index (χ4v) is 2.61. The first kappa shape index (κ1) is 19.0. The molecule has 0 bridgehead atoms. The Kier molecular flexibility index (Phi) is 5.50. The van der Waals surface area contributed by atoms with Gasteiger partial charge in [0.1, 0.15) is 13.2 Å². The predicted octanol–water partition coefficient (Wildman–Crippen LogP) is 4.19. The number of nitrogens with zero attached hydrogens (tertiary/aromatic N) is 1. The van der Waals surface area contributed by atoms with E-state index in [9.17, 15) is 13.2 Å². The number of rotatable bonds is 3. The molecule has 0 unspecified atom stereocenters. The molecule has 0 spiro atoms. The van der Waals surface area contributed by atoms with E-state index in [2.05, 4.69) is 15.8 Å². The number of nitrogens with one attached hydrogen (secondary N) is 2. The van der Waals surface area contributed by atoms with Gasteiger partial charge in [0.2, 0.25) is 0 Å². The maximum atomic E-state index is 13.0. The van der Waals surface area contributed by atoms with Crippen LogP contribution in [0.15, 0.2) is 47.6 Å². The Morgan fingerprint density at radius 2 is 1.78 bits per heavy atom. The molecule has 2 aromatic carbocycles. The molecule has 0 radical (unpaired) electrons. The molecule has 0 aromatic heterocycles. The van der Waals surface area contributed by atoms with E-state index < -0.39 is 11.7 Å². The second kappa shape index (κ2) is 7.83. The maximum Gasteiger partial charge on any atom is 0.418 e. The van der Waals surface area contributed by atoms with Crippen molar-refractivity contribution in [1.29, 1.82) is 0 Å². The van der Waals surface area contributed by atoms with Gasteiger partial charge in [0.25, 0.3) is 0 Å². The average molecular weight is 395 g/mol. The average Bonchev–Trinajstić information content (AvgIpc) is 2.65. The third kappa shape index (κ3) is 4.68. The van der Waals surface area contributed by atoms with Crippen molar-refractivity contribution in [3.63, 3.8) is 0 Å². The molecule has 0 atom stereocenters. The number of fused-ring (bicyclic) bond motifs is 1. The zero-order valence-corrected chi connectivity index (χ0v) is 15.1. The Bertz CT molecular complexity index is 884. The topological polar surface area (TPSA) is 54.9 Å². The molecule has 1 aliphatic heterocycles. The van der Waals surface area contributed by atoms with Gasteiger partial charge in [-0.15, -0.1) is 0 Å².